The quantitative estimate of drug-likeness (QED) is 0.588. The number of piperidine rings is 1. The summed E-state index contributed by atoms with van der Waals surface area (Å²) in [7, 11) is -7.62. The lowest BCUT2D eigenvalue weighted by Gasteiger charge is -2.41. The van der Waals surface area contributed by atoms with Crippen LogP contribution in [0, 0.1) is 17.7 Å². The molecule has 1 saturated carbocycles. The molecule has 2 heterocycles. The lowest BCUT2D eigenvalue weighted by molar-refractivity contribution is -0.149. The lowest BCUT2D eigenvalue weighted by Crippen LogP contribution is -2.57. The Bertz CT molecular complexity index is 1500. The minimum atomic E-state index is -4.00. The minimum Gasteiger partial charge on any atom is -0.334 e. The molecule has 5 rings (SSSR count). The number of benzene rings is 2. The largest absolute Gasteiger partial charge is 0.334 e. The van der Waals surface area contributed by atoms with Crippen LogP contribution < -0.4 is 4.72 Å². The summed E-state index contributed by atoms with van der Waals surface area (Å²) in [4.78, 5) is 33.0. The highest BCUT2D eigenvalue weighted by molar-refractivity contribution is 7.92. The highest BCUT2D eigenvalue weighted by Crippen LogP contribution is 2.41. The third-order valence-corrected chi connectivity index (χ3v) is 9.14. The van der Waals surface area contributed by atoms with Gasteiger partial charge in [-0.2, -0.15) is 0 Å². The molecule has 0 aromatic heterocycles. The van der Waals surface area contributed by atoms with Crippen LogP contribution in [0.15, 0.2) is 52.4 Å². The summed E-state index contributed by atoms with van der Waals surface area (Å²) in [5, 5.41) is 0. The van der Waals surface area contributed by atoms with Crippen molar-refractivity contribution in [3.8, 4) is 0 Å². The fourth-order valence-electron chi connectivity index (χ4n) is 5.34. The van der Waals surface area contributed by atoms with Crippen LogP contribution in [0.1, 0.15) is 24.8 Å². The molecule has 2 aliphatic heterocycles. The number of nitrogens with zero attached hydrogens (tertiary/aromatic N) is 2. The van der Waals surface area contributed by atoms with E-state index in [-0.39, 0.29) is 40.4 Å². The van der Waals surface area contributed by atoms with Gasteiger partial charge in [0, 0.05) is 24.2 Å². The van der Waals surface area contributed by atoms with Crippen molar-refractivity contribution in [3.05, 3.63) is 53.8 Å². The maximum absolute atomic E-state index is 13.7. The van der Waals surface area contributed by atoms with E-state index in [9.17, 15) is 30.8 Å². The van der Waals surface area contributed by atoms with Crippen LogP contribution in [0.25, 0.3) is 0 Å². The number of fused-ring (bicyclic) bond motifs is 2. The van der Waals surface area contributed by atoms with Gasteiger partial charge in [0.1, 0.15) is 11.7 Å². The fourth-order valence-corrected chi connectivity index (χ4v) is 7.41. The highest BCUT2D eigenvalue weighted by Gasteiger charge is 2.52. The minimum absolute atomic E-state index is 0.0317. The number of anilines is 1. The molecule has 1 unspecified atom stereocenters. The number of likely N-dealkylation sites (tertiary alicyclic amines) is 1. The number of ketones is 1. The van der Waals surface area contributed by atoms with Crippen molar-refractivity contribution in [3.63, 3.8) is 0 Å². The number of aliphatic imine (C=N–C) groups is 1. The Balaban J connectivity index is 1.52. The van der Waals surface area contributed by atoms with Gasteiger partial charge in [0.2, 0.25) is 15.9 Å². The summed E-state index contributed by atoms with van der Waals surface area (Å²) in [6.45, 7) is 0.182. The van der Waals surface area contributed by atoms with E-state index in [1.807, 2.05) is 0 Å². The molecule has 36 heavy (non-hydrogen) atoms. The van der Waals surface area contributed by atoms with Gasteiger partial charge in [-0.1, -0.05) is 18.6 Å². The van der Waals surface area contributed by atoms with Gasteiger partial charge in [0.25, 0.3) is 0 Å². The number of hydrogen-bond donors (Lipinski definition) is 1. The van der Waals surface area contributed by atoms with E-state index in [4.69, 9.17) is 0 Å². The maximum atomic E-state index is 13.7. The van der Waals surface area contributed by atoms with Crippen LogP contribution >= 0.6 is 0 Å². The van der Waals surface area contributed by atoms with E-state index in [1.165, 1.54) is 30.3 Å². The Morgan fingerprint density at radius 2 is 1.83 bits per heavy atom. The van der Waals surface area contributed by atoms with E-state index in [2.05, 4.69) is 9.71 Å². The standard InChI is InChI=1S/C24H24FN3O6S2/c1-35(31,32)27-16-9-10-18-21(11-16)36(33,34)13-19(26-18)22-23(29)17-3-2-4-20(17)28(24(22)30)12-14-5-7-15(25)8-6-14/h5-11,17,20,22,27H,2-4,12-13H2,1H3/t17-,20+,22?/m0/s1. The van der Waals surface area contributed by atoms with Gasteiger partial charge in [-0.05, 0) is 48.7 Å². The summed E-state index contributed by atoms with van der Waals surface area (Å²) in [5.74, 6) is -3.56. The molecule has 0 spiro atoms. The molecule has 3 atom stereocenters. The van der Waals surface area contributed by atoms with Crippen molar-refractivity contribution >= 4 is 48.6 Å². The number of rotatable bonds is 5. The predicted molar refractivity (Wildman–Crippen MR) is 131 cm³/mol. The van der Waals surface area contributed by atoms with Gasteiger partial charge in [-0.3, -0.25) is 19.3 Å². The molecular formula is C24H24FN3O6S2. The average molecular weight is 534 g/mol. The van der Waals surface area contributed by atoms with Crippen molar-refractivity contribution in [1.82, 2.24) is 4.90 Å². The van der Waals surface area contributed by atoms with Gasteiger partial charge in [0.05, 0.1) is 28.3 Å². The molecule has 0 radical (unpaired) electrons. The fraction of sp³-hybridized carbons (Fsp3) is 0.375. The van der Waals surface area contributed by atoms with Gasteiger partial charge in [0.15, 0.2) is 15.6 Å². The monoisotopic (exact) mass is 533 g/mol. The van der Waals surface area contributed by atoms with Gasteiger partial charge >= 0.3 is 0 Å². The van der Waals surface area contributed by atoms with Crippen LogP contribution in [-0.2, 0) is 36.0 Å². The molecule has 1 amide bonds. The van der Waals surface area contributed by atoms with Crippen molar-refractivity contribution in [1.29, 1.82) is 0 Å². The topological polar surface area (TPSA) is 130 Å². The van der Waals surface area contributed by atoms with Gasteiger partial charge in [-0.25, -0.2) is 21.2 Å². The third kappa shape index (κ3) is 4.55. The van der Waals surface area contributed by atoms with Crippen molar-refractivity contribution in [2.45, 2.75) is 36.7 Å². The lowest BCUT2D eigenvalue weighted by atomic mass is 9.80. The Hall–Kier alpha value is -3.12. The number of Topliss-reactive ketones (excluding diaryl/α,β-unsaturated/α-hetero) is 1. The van der Waals surface area contributed by atoms with Crippen LogP contribution in [0.4, 0.5) is 15.8 Å². The van der Waals surface area contributed by atoms with E-state index >= 15 is 0 Å². The van der Waals surface area contributed by atoms with E-state index < -0.39 is 49.2 Å². The molecule has 9 nitrogen and oxygen atoms in total. The second kappa shape index (κ2) is 8.77. The molecule has 0 bridgehead atoms. The number of carbonyl (C=O) groups excluding carboxylic acids is 2. The molecule has 2 aromatic carbocycles. The molecule has 1 N–H and O–H groups in total. The zero-order chi connectivity index (χ0) is 25.8. The number of carbonyl (C=O) groups is 2. The smallest absolute Gasteiger partial charge is 0.239 e. The van der Waals surface area contributed by atoms with E-state index in [0.717, 1.165) is 12.7 Å². The van der Waals surface area contributed by atoms with Crippen LogP contribution in [0.2, 0.25) is 0 Å². The Kier molecular flexibility index (Phi) is 5.98. The second-order valence-electron chi connectivity index (χ2n) is 9.45. The van der Waals surface area contributed by atoms with Crippen LogP contribution in [-0.4, -0.2) is 57.2 Å². The van der Waals surface area contributed by atoms with Gasteiger partial charge < -0.3 is 4.90 Å². The van der Waals surface area contributed by atoms with Crippen molar-refractivity contribution in [2.24, 2.45) is 16.8 Å². The number of nitrogens with one attached hydrogen (secondary N) is 1. The number of sulfone groups is 1. The van der Waals surface area contributed by atoms with Crippen molar-refractivity contribution in [2.75, 3.05) is 16.7 Å². The molecule has 3 aliphatic rings. The molecular weight excluding hydrogens is 509 g/mol. The number of halogens is 1. The summed E-state index contributed by atoms with van der Waals surface area (Å²) >= 11 is 0. The zero-order valence-corrected chi connectivity index (χ0v) is 21.0. The van der Waals surface area contributed by atoms with Crippen LogP contribution in [0.3, 0.4) is 0 Å². The van der Waals surface area contributed by atoms with E-state index in [0.29, 0.717) is 18.4 Å². The zero-order valence-electron chi connectivity index (χ0n) is 19.3. The first-order valence-electron chi connectivity index (χ1n) is 11.4. The number of hydrogen-bond acceptors (Lipinski definition) is 7. The maximum Gasteiger partial charge on any atom is 0.239 e. The molecule has 12 heteroatoms. The average Bonchev–Trinajstić information content (AvgIpc) is 3.27. The summed E-state index contributed by atoms with van der Waals surface area (Å²) in [6.07, 6.45) is 2.99. The molecule has 190 valence electrons. The van der Waals surface area contributed by atoms with Crippen LogP contribution in [0.5, 0.6) is 0 Å². The van der Waals surface area contributed by atoms with Gasteiger partial charge in [-0.15, -0.1) is 0 Å². The first kappa shape index (κ1) is 24.6. The first-order chi connectivity index (χ1) is 16.9. The third-order valence-electron chi connectivity index (χ3n) is 6.86. The Labute approximate surface area is 208 Å². The number of amides is 1. The Morgan fingerprint density at radius 3 is 2.53 bits per heavy atom. The van der Waals surface area contributed by atoms with Crippen molar-refractivity contribution < 1.29 is 30.8 Å². The van der Waals surface area contributed by atoms with E-state index in [1.54, 1.807) is 17.0 Å². The second-order valence-corrected chi connectivity index (χ2v) is 13.2. The predicted octanol–water partition coefficient (Wildman–Crippen LogP) is 2.45. The SMILES string of the molecule is CS(=O)(=O)Nc1ccc2c(c1)S(=O)(=O)CC(C1C(=O)[C@H]3CCC[C@H]3N(Cc3ccc(F)cc3)C1=O)=N2. The molecule has 1 aliphatic carbocycles. The number of sulfonamides is 1. The normalized spacial score (nSPS) is 25.2. The summed E-state index contributed by atoms with van der Waals surface area (Å²) in [6, 6.07) is 9.40. The molecule has 2 aromatic rings. The first-order valence-corrected chi connectivity index (χ1v) is 15.0. The Morgan fingerprint density at radius 1 is 1.11 bits per heavy atom. The summed E-state index contributed by atoms with van der Waals surface area (Å²) in [5.41, 5.74) is 0.797. The highest BCUT2D eigenvalue weighted by atomic mass is 32.2. The molecule has 2 fully saturated rings. The molecule has 1 saturated heterocycles. The summed E-state index contributed by atoms with van der Waals surface area (Å²) < 4.78 is 65.0.